The molecule has 1 heterocycles. The summed E-state index contributed by atoms with van der Waals surface area (Å²) in [6.07, 6.45) is -1.35. The van der Waals surface area contributed by atoms with Gasteiger partial charge in [-0.3, -0.25) is 9.59 Å². The molecule has 2 aromatic rings. The molecule has 178 valence electrons. The second-order valence-corrected chi connectivity index (χ2v) is 7.49. The summed E-state index contributed by atoms with van der Waals surface area (Å²) in [4.78, 5) is 26.4. The van der Waals surface area contributed by atoms with E-state index < -0.39 is 17.6 Å². The Balaban J connectivity index is 1.72. The number of hydrogen-bond acceptors (Lipinski definition) is 5. The zero-order valence-electron chi connectivity index (χ0n) is 18.3. The van der Waals surface area contributed by atoms with Crippen LogP contribution in [0.4, 0.5) is 18.9 Å². The normalized spacial score (nSPS) is 13.9. The summed E-state index contributed by atoms with van der Waals surface area (Å²) >= 11 is 0. The number of halogens is 3. The number of nitrogens with one attached hydrogen (secondary N) is 1. The summed E-state index contributed by atoms with van der Waals surface area (Å²) in [5, 5.41) is 11.7. The van der Waals surface area contributed by atoms with Crippen molar-refractivity contribution in [1.29, 1.82) is 5.26 Å². The lowest BCUT2D eigenvalue weighted by atomic mass is 10.1. The van der Waals surface area contributed by atoms with Crippen LogP contribution in [0.25, 0.3) is 6.08 Å². The van der Waals surface area contributed by atoms with Gasteiger partial charge in [0.15, 0.2) is 18.1 Å². The van der Waals surface area contributed by atoms with Gasteiger partial charge < -0.3 is 19.7 Å². The highest BCUT2D eigenvalue weighted by Crippen LogP contribution is 2.31. The Morgan fingerprint density at radius 3 is 2.53 bits per heavy atom. The molecule has 0 aromatic heterocycles. The first kappa shape index (κ1) is 24.6. The summed E-state index contributed by atoms with van der Waals surface area (Å²) in [5.41, 5.74) is -0.913. The number of rotatable bonds is 7. The van der Waals surface area contributed by atoms with E-state index in [2.05, 4.69) is 5.32 Å². The first-order valence-electron chi connectivity index (χ1n) is 10.4. The number of methoxy groups -OCH3 is 1. The number of likely N-dealkylation sites (tertiary alicyclic amines) is 1. The Hall–Kier alpha value is -4.00. The lowest BCUT2D eigenvalue weighted by Gasteiger charge is -2.16. The van der Waals surface area contributed by atoms with Crippen molar-refractivity contribution in [1.82, 2.24) is 4.90 Å². The van der Waals surface area contributed by atoms with Crippen LogP contribution in [0.3, 0.4) is 0 Å². The van der Waals surface area contributed by atoms with Crippen LogP contribution >= 0.6 is 0 Å². The number of nitrogens with zero attached hydrogens (tertiary/aromatic N) is 2. The van der Waals surface area contributed by atoms with E-state index >= 15 is 0 Å². The minimum absolute atomic E-state index is 0.0926. The maximum Gasteiger partial charge on any atom is 0.416 e. The van der Waals surface area contributed by atoms with E-state index in [-0.39, 0.29) is 23.8 Å². The maximum atomic E-state index is 12.9. The van der Waals surface area contributed by atoms with Gasteiger partial charge in [0.2, 0.25) is 0 Å². The molecule has 1 fully saturated rings. The van der Waals surface area contributed by atoms with Crippen LogP contribution < -0.4 is 14.8 Å². The van der Waals surface area contributed by atoms with Gasteiger partial charge in [0.25, 0.3) is 11.8 Å². The number of alkyl halides is 3. The van der Waals surface area contributed by atoms with E-state index in [1.807, 2.05) is 0 Å². The highest BCUT2D eigenvalue weighted by Gasteiger charge is 2.30. The smallest absolute Gasteiger partial charge is 0.416 e. The van der Waals surface area contributed by atoms with E-state index in [1.54, 1.807) is 23.1 Å². The molecule has 0 spiro atoms. The minimum atomic E-state index is -4.56. The van der Waals surface area contributed by atoms with Gasteiger partial charge >= 0.3 is 6.18 Å². The topological polar surface area (TPSA) is 91.7 Å². The summed E-state index contributed by atoms with van der Waals surface area (Å²) < 4.78 is 49.5. The number of carbonyl (C=O) groups is 2. The van der Waals surface area contributed by atoms with Crippen LogP contribution in [-0.4, -0.2) is 43.5 Å². The summed E-state index contributed by atoms with van der Waals surface area (Å²) in [7, 11) is 1.41. The quantitative estimate of drug-likeness (QED) is 0.479. The van der Waals surface area contributed by atoms with Gasteiger partial charge in [-0.05, 0) is 54.8 Å². The van der Waals surface area contributed by atoms with Crippen molar-refractivity contribution in [3.8, 4) is 17.6 Å². The molecule has 10 heteroatoms. The van der Waals surface area contributed by atoms with Crippen molar-refractivity contribution in [2.75, 3.05) is 32.1 Å². The number of benzene rings is 2. The largest absolute Gasteiger partial charge is 0.493 e. The monoisotopic (exact) mass is 473 g/mol. The van der Waals surface area contributed by atoms with Crippen LogP contribution in [0, 0.1) is 11.3 Å². The summed E-state index contributed by atoms with van der Waals surface area (Å²) in [6.45, 7) is 1.28. The van der Waals surface area contributed by atoms with E-state index in [4.69, 9.17) is 9.47 Å². The Labute approximate surface area is 194 Å². The third-order valence-electron chi connectivity index (χ3n) is 5.12. The maximum absolute atomic E-state index is 12.9. The second-order valence-electron chi connectivity index (χ2n) is 7.49. The van der Waals surface area contributed by atoms with E-state index in [0.717, 1.165) is 31.0 Å². The van der Waals surface area contributed by atoms with Crippen LogP contribution in [0.1, 0.15) is 24.0 Å². The highest BCUT2D eigenvalue weighted by atomic mass is 19.4. The number of anilines is 1. The summed E-state index contributed by atoms with van der Waals surface area (Å²) in [5.74, 6) is -0.378. The van der Waals surface area contributed by atoms with E-state index in [9.17, 15) is 28.0 Å². The Morgan fingerprint density at radius 1 is 1.15 bits per heavy atom. The number of ether oxygens (including phenoxy) is 2. The van der Waals surface area contributed by atoms with Crippen molar-refractivity contribution in [3.63, 3.8) is 0 Å². The van der Waals surface area contributed by atoms with Crippen LogP contribution in [-0.2, 0) is 15.8 Å². The standard InChI is InChI=1S/C24H22F3N3O4/c1-33-21-12-16(7-8-20(21)34-15-22(31)30-9-2-3-10-30)11-17(14-28)23(32)29-19-6-4-5-18(13-19)24(25,26)27/h4-8,11-13H,2-3,9-10,15H2,1H3,(H,29,32)/b17-11+. The predicted octanol–water partition coefficient (Wildman–Crippen LogP) is 4.26. The molecule has 1 aliphatic rings. The molecule has 0 radical (unpaired) electrons. The van der Waals surface area contributed by atoms with Crippen LogP contribution in [0.5, 0.6) is 11.5 Å². The van der Waals surface area contributed by atoms with Gasteiger partial charge in [-0.25, -0.2) is 0 Å². The fraction of sp³-hybridized carbons (Fsp3) is 0.292. The fourth-order valence-electron chi connectivity index (χ4n) is 3.38. The highest BCUT2D eigenvalue weighted by molar-refractivity contribution is 6.09. The van der Waals surface area contributed by atoms with Crippen molar-refractivity contribution in [3.05, 3.63) is 59.2 Å². The lowest BCUT2D eigenvalue weighted by molar-refractivity contribution is -0.137. The molecule has 0 unspecified atom stereocenters. The fourth-order valence-corrected chi connectivity index (χ4v) is 3.38. The van der Waals surface area contributed by atoms with Crippen LogP contribution in [0.15, 0.2) is 48.0 Å². The molecular weight excluding hydrogens is 451 g/mol. The molecule has 0 aliphatic carbocycles. The van der Waals surface area contributed by atoms with E-state index in [0.29, 0.717) is 30.2 Å². The first-order valence-corrected chi connectivity index (χ1v) is 10.4. The molecule has 1 saturated heterocycles. The Kier molecular flexibility index (Phi) is 7.79. The van der Waals surface area contributed by atoms with Gasteiger partial charge in [0.05, 0.1) is 12.7 Å². The van der Waals surface area contributed by atoms with E-state index in [1.165, 1.54) is 25.3 Å². The number of hydrogen-bond donors (Lipinski definition) is 1. The molecule has 2 aromatic carbocycles. The van der Waals surface area contributed by atoms with Crippen molar-refractivity contribution < 1.29 is 32.2 Å². The zero-order valence-corrected chi connectivity index (χ0v) is 18.3. The van der Waals surface area contributed by atoms with Crippen molar-refractivity contribution >= 4 is 23.6 Å². The number of carbonyl (C=O) groups excluding carboxylic acids is 2. The molecule has 34 heavy (non-hydrogen) atoms. The van der Waals surface area contributed by atoms with Gasteiger partial charge in [0.1, 0.15) is 11.6 Å². The molecular formula is C24H22F3N3O4. The molecule has 0 bridgehead atoms. The van der Waals surface area contributed by atoms with Gasteiger partial charge in [0, 0.05) is 18.8 Å². The van der Waals surface area contributed by atoms with Gasteiger partial charge in [-0.15, -0.1) is 0 Å². The molecule has 7 nitrogen and oxygen atoms in total. The average Bonchev–Trinajstić information content (AvgIpc) is 3.36. The lowest BCUT2D eigenvalue weighted by Crippen LogP contribution is -2.32. The van der Waals surface area contributed by atoms with Gasteiger partial charge in [-0.1, -0.05) is 12.1 Å². The minimum Gasteiger partial charge on any atom is -0.493 e. The average molecular weight is 473 g/mol. The van der Waals surface area contributed by atoms with Gasteiger partial charge in [-0.2, -0.15) is 18.4 Å². The number of nitriles is 1. The molecule has 0 atom stereocenters. The SMILES string of the molecule is COc1cc(/C=C(\C#N)C(=O)Nc2cccc(C(F)(F)F)c2)ccc1OCC(=O)N1CCCC1. The first-order chi connectivity index (χ1) is 16.2. The Bertz CT molecular complexity index is 1130. The van der Waals surface area contributed by atoms with Crippen LogP contribution in [0.2, 0.25) is 0 Å². The second kappa shape index (κ2) is 10.7. The Morgan fingerprint density at radius 2 is 1.88 bits per heavy atom. The predicted molar refractivity (Wildman–Crippen MR) is 118 cm³/mol. The molecule has 0 saturated carbocycles. The third-order valence-corrected chi connectivity index (χ3v) is 5.12. The molecule has 1 aliphatic heterocycles. The third kappa shape index (κ3) is 6.28. The molecule has 2 amide bonds. The number of amides is 2. The zero-order chi connectivity index (χ0) is 24.7. The summed E-state index contributed by atoms with van der Waals surface area (Å²) in [6, 6.07) is 10.5. The molecule has 1 N–H and O–H groups in total. The van der Waals surface area contributed by atoms with Crippen molar-refractivity contribution in [2.24, 2.45) is 0 Å². The molecule has 3 rings (SSSR count). The van der Waals surface area contributed by atoms with Crippen molar-refractivity contribution in [2.45, 2.75) is 19.0 Å².